The molecule has 1 aromatic rings. The van der Waals surface area contributed by atoms with Gasteiger partial charge in [0, 0.05) is 11.5 Å². The molecule has 0 spiro atoms. The Kier molecular flexibility index (Phi) is 2.12. The monoisotopic (exact) mass is 241 g/mol. The van der Waals surface area contributed by atoms with E-state index in [0.717, 1.165) is 30.9 Å². The molecule has 4 heteroatoms. The third-order valence-electron chi connectivity index (χ3n) is 4.09. The van der Waals surface area contributed by atoms with E-state index in [2.05, 4.69) is 0 Å². The van der Waals surface area contributed by atoms with E-state index in [1.807, 2.05) is 0 Å². The molecular formula is C13H14F3N. The predicted octanol–water partition coefficient (Wildman–Crippen LogP) is 3.08. The van der Waals surface area contributed by atoms with E-state index in [-0.39, 0.29) is 11.5 Å². The zero-order chi connectivity index (χ0) is 12.3. The highest BCUT2D eigenvalue weighted by atomic mass is 19.4. The fourth-order valence-corrected chi connectivity index (χ4v) is 2.93. The van der Waals surface area contributed by atoms with Crippen LogP contribution in [0.15, 0.2) is 24.3 Å². The van der Waals surface area contributed by atoms with E-state index in [4.69, 9.17) is 5.73 Å². The molecule has 2 N–H and O–H groups in total. The lowest BCUT2D eigenvalue weighted by Crippen LogP contribution is -2.21. The topological polar surface area (TPSA) is 26.0 Å². The van der Waals surface area contributed by atoms with Crippen molar-refractivity contribution in [2.45, 2.75) is 36.9 Å². The molecule has 0 aromatic heterocycles. The van der Waals surface area contributed by atoms with Gasteiger partial charge < -0.3 is 5.73 Å². The van der Waals surface area contributed by atoms with Crippen molar-refractivity contribution >= 4 is 0 Å². The number of benzene rings is 1. The van der Waals surface area contributed by atoms with E-state index in [1.54, 1.807) is 6.07 Å². The molecule has 0 heterocycles. The third kappa shape index (κ3) is 1.66. The van der Waals surface area contributed by atoms with Gasteiger partial charge in [0.05, 0.1) is 5.56 Å². The van der Waals surface area contributed by atoms with Crippen molar-refractivity contribution in [3.05, 3.63) is 35.4 Å². The van der Waals surface area contributed by atoms with Crippen LogP contribution in [0.3, 0.4) is 0 Å². The largest absolute Gasteiger partial charge is 0.416 e. The first kappa shape index (κ1) is 11.1. The molecule has 2 atom stereocenters. The highest BCUT2D eigenvalue weighted by Crippen LogP contribution is 2.61. The van der Waals surface area contributed by atoms with Crippen molar-refractivity contribution in [3.63, 3.8) is 0 Å². The zero-order valence-corrected chi connectivity index (χ0v) is 9.30. The van der Waals surface area contributed by atoms with E-state index in [9.17, 15) is 13.2 Å². The maximum absolute atomic E-state index is 12.7. The van der Waals surface area contributed by atoms with Crippen LogP contribution < -0.4 is 5.73 Å². The van der Waals surface area contributed by atoms with Crippen LogP contribution in [0.4, 0.5) is 13.2 Å². The van der Waals surface area contributed by atoms with Crippen molar-refractivity contribution in [2.75, 3.05) is 0 Å². The minimum Gasteiger partial charge on any atom is -0.327 e. The summed E-state index contributed by atoms with van der Waals surface area (Å²) in [6.45, 7) is 0. The van der Waals surface area contributed by atoms with Gasteiger partial charge in [-0.05, 0) is 36.8 Å². The van der Waals surface area contributed by atoms with Crippen LogP contribution in [0.25, 0.3) is 0 Å². The van der Waals surface area contributed by atoms with Crippen LogP contribution in [-0.4, -0.2) is 6.04 Å². The SMILES string of the molecule is N[C@@H]1CC1(c1cccc(C(F)(F)F)c1)C1CC1. The minimum absolute atomic E-state index is 0.0403. The van der Waals surface area contributed by atoms with Crippen LogP contribution in [0.2, 0.25) is 0 Å². The van der Waals surface area contributed by atoms with E-state index in [0.29, 0.717) is 5.92 Å². The Morgan fingerprint density at radius 2 is 1.88 bits per heavy atom. The van der Waals surface area contributed by atoms with Gasteiger partial charge in [-0.1, -0.05) is 18.2 Å². The Hall–Kier alpha value is -1.03. The average Bonchev–Trinajstić information content (AvgIpc) is 3.11. The normalized spacial score (nSPS) is 32.6. The van der Waals surface area contributed by atoms with E-state index < -0.39 is 11.7 Å². The van der Waals surface area contributed by atoms with Crippen molar-refractivity contribution < 1.29 is 13.2 Å². The van der Waals surface area contributed by atoms with Gasteiger partial charge in [0.25, 0.3) is 0 Å². The summed E-state index contributed by atoms with van der Waals surface area (Å²) in [6, 6.07) is 5.73. The maximum Gasteiger partial charge on any atom is 0.416 e. The first-order valence-electron chi connectivity index (χ1n) is 5.88. The first-order chi connectivity index (χ1) is 7.94. The Labute approximate surface area is 97.8 Å². The lowest BCUT2D eigenvalue weighted by molar-refractivity contribution is -0.137. The molecule has 2 saturated carbocycles. The molecule has 1 aromatic carbocycles. The van der Waals surface area contributed by atoms with Gasteiger partial charge in [0.15, 0.2) is 0 Å². The molecular weight excluding hydrogens is 227 g/mol. The summed E-state index contributed by atoms with van der Waals surface area (Å²) in [6.07, 6.45) is -1.23. The van der Waals surface area contributed by atoms with Crippen LogP contribution in [0.1, 0.15) is 30.4 Å². The molecule has 1 unspecified atom stereocenters. The number of hydrogen-bond acceptors (Lipinski definition) is 1. The van der Waals surface area contributed by atoms with Gasteiger partial charge in [-0.25, -0.2) is 0 Å². The summed E-state index contributed by atoms with van der Waals surface area (Å²) in [5.74, 6) is 0.501. The summed E-state index contributed by atoms with van der Waals surface area (Å²) in [4.78, 5) is 0. The summed E-state index contributed by atoms with van der Waals surface area (Å²) in [7, 11) is 0. The molecule has 2 aliphatic rings. The lowest BCUT2D eigenvalue weighted by atomic mass is 9.89. The van der Waals surface area contributed by atoms with Gasteiger partial charge in [0.1, 0.15) is 0 Å². The summed E-state index contributed by atoms with van der Waals surface area (Å²) in [5, 5.41) is 0. The molecule has 0 radical (unpaired) electrons. The summed E-state index contributed by atoms with van der Waals surface area (Å²) < 4.78 is 38.0. The molecule has 0 bridgehead atoms. The van der Waals surface area contributed by atoms with Gasteiger partial charge in [-0.2, -0.15) is 13.2 Å². The molecule has 0 amide bonds. The second-order valence-corrected chi connectivity index (χ2v) is 5.20. The van der Waals surface area contributed by atoms with Crippen LogP contribution >= 0.6 is 0 Å². The molecule has 17 heavy (non-hydrogen) atoms. The Morgan fingerprint density at radius 3 is 2.35 bits per heavy atom. The summed E-state index contributed by atoms with van der Waals surface area (Å²) >= 11 is 0. The average molecular weight is 241 g/mol. The smallest absolute Gasteiger partial charge is 0.327 e. The number of hydrogen-bond donors (Lipinski definition) is 1. The van der Waals surface area contributed by atoms with Crippen LogP contribution in [0, 0.1) is 5.92 Å². The number of nitrogens with two attached hydrogens (primary N) is 1. The maximum atomic E-state index is 12.7. The Morgan fingerprint density at radius 1 is 1.24 bits per heavy atom. The second-order valence-electron chi connectivity index (χ2n) is 5.20. The first-order valence-corrected chi connectivity index (χ1v) is 5.88. The van der Waals surface area contributed by atoms with Gasteiger partial charge in [-0.3, -0.25) is 0 Å². The fourth-order valence-electron chi connectivity index (χ4n) is 2.93. The minimum atomic E-state index is -4.26. The van der Waals surface area contributed by atoms with Gasteiger partial charge in [-0.15, -0.1) is 0 Å². The van der Waals surface area contributed by atoms with E-state index >= 15 is 0 Å². The van der Waals surface area contributed by atoms with Gasteiger partial charge >= 0.3 is 6.18 Å². The van der Waals surface area contributed by atoms with Gasteiger partial charge in [0.2, 0.25) is 0 Å². The molecule has 0 saturated heterocycles. The molecule has 2 fully saturated rings. The standard InChI is InChI=1S/C13H14F3N/c14-13(15,16)10-3-1-2-9(6-10)12(7-11(12)17)8-4-5-8/h1-3,6,8,11H,4-5,7,17H2/t11-,12?/m1/s1. The highest BCUT2D eigenvalue weighted by molar-refractivity contribution is 5.41. The van der Waals surface area contributed by atoms with Crippen LogP contribution in [0.5, 0.6) is 0 Å². The molecule has 0 aliphatic heterocycles. The Bertz CT molecular complexity index is 450. The zero-order valence-electron chi connectivity index (χ0n) is 9.30. The van der Waals surface area contributed by atoms with E-state index in [1.165, 1.54) is 12.1 Å². The molecule has 3 rings (SSSR count). The quantitative estimate of drug-likeness (QED) is 0.846. The van der Waals surface area contributed by atoms with Crippen molar-refractivity contribution in [3.8, 4) is 0 Å². The van der Waals surface area contributed by atoms with Crippen molar-refractivity contribution in [1.29, 1.82) is 0 Å². The van der Waals surface area contributed by atoms with Crippen molar-refractivity contribution in [1.82, 2.24) is 0 Å². The molecule has 92 valence electrons. The molecule has 1 nitrogen and oxygen atoms in total. The van der Waals surface area contributed by atoms with Crippen LogP contribution in [-0.2, 0) is 11.6 Å². The Balaban J connectivity index is 1.99. The number of halogens is 3. The second kappa shape index (κ2) is 3.25. The fraction of sp³-hybridized carbons (Fsp3) is 0.538. The summed E-state index contributed by atoms with van der Waals surface area (Å²) in [5.41, 5.74) is 6.02. The number of alkyl halides is 3. The molecule has 2 aliphatic carbocycles. The van der Waals surface area contributed by atoms with Crippen molar-refractivity contribution in [2.24, 2.45) is 11.7 Å². The lowest BCUT2D eigenvalue weighted by Gasteiger charge is -2.18. The third-order valence-corrected chi connectivity index (χ3v) is 4.09. The predicted molar refractivity (Wildman–Crippen MR) is 58.4 cm³/mol. The highest BCUT2D eigenvalue weighted by Gasteiger charge is 2.61. The number of rotatable bonds is 2.